The second kappa shape index (κ2) is 6.69. The molecule has 0 radical (unpaired) electrons. The largest absolute Gasteiger partial charge is 0.480 e. The van der Waals surface area contributed by atoms with E-state index in [4.69, 9.17) is 5.11 Å². The molecule has 8 heteroatoms. The molecule has 1 aromatic carbocycles. The van der Waals surface area contributed by atoms with Crippen LogP contribution >= 0.6 is 0 Å². The number of nitrogens with zero attached hydrogens (tertiary/aromatic N) is 1. The van der Waals surface area contributed by atoms with Crippen LogP contribution in [0.3, 0.4) is 0 Å². The number of rotatable bonds is 5. The van der Waals surface area contributed by atoms with Crippen LogP contribution < -0.4 is 16.4 Å². The Hall–Kier alpha value is -2.90. The molecular formula is C16H19N3O5. The Morgan fingerprint density at radius 1 is 1.29 bits per heavy atom. The number of carbonyl (C=O) groups excluding carboxylic acids is 1. The van der Waals surface area contributed by atoms with Crippen molar-refractivity contribution in [2.45, 2.75) is 33.4 Å². The van der Waals surface area contributed by atoms with Crippen molar-refractivity contribution in [3.63, 3.8) is 0 Å². The molecule has 3 N–H and O–H groups in total. The van der Waals surface area contributed by atoms with E-state index >= 15 is 0 Å². The van der Waals surface area contributed by atoms with Crippen LogP contribution in [0.15, 0.2) is 27.8 Å². The maximum atomic E-state index is 12.3. The number of hydrogen-bond acceptors (Lipinski definition) is 4. The maximum Gasteiger partial charge on any atom is 0.326 e. The van der Waals surface area contributed by atoms with Crippen molar-refractivity contribution in [1.82, 2.24) is 14.9 Å². The summed E-state index contributed by atoms with van der Waals surface area (Å²) in [6, 6.07) is 3.45. The van der Waals surface area contributed by atoms with Gasteiger partial charge in [0, 0.05) is 12.1 Å². The fourth-order valence-electron chi connectivity index (χ4n) is 2.47. The Labute approximate surface area is 137 Å². The molecule has 1 amide bonds. The number of aromatic amines is 1. The highest BCUT2D eigenvalue weighted by molar-refractivity contribution is 5.99. The molecule has 1 aromatic heterocycles. The van der Waals surface area contributed by atoms with Crippen molar-refractivity contribution in [3.8, 4) is 0 Å². The SMILES string of the molecule is CCn1c(=O)c(=O)[nH]c2cc(C(=O)N[C@@H](C(=O)O)C(C)C)ccc21. The van der Waals surface area contributed by atoms with Crippen LogP contribution in [0.4, 0.5) is 0 Å². The summed E-state index contributed by atoms with van der Waals surface area (Å²) in [5.41, 5.74) is -0.394. The first-order chi connectivity index (χ1) is 11.3. The van der Waals surface area contributed by atoms with Crippen molar-refractivity contribution >= 4 is 22.9 Å². The third kappa shape index (κ3) is 3.22. The van der Waals surface area contributed by atoms with Crippen LogP contribution in [0.5, 0.6) is 0 Å². The van der Waals surface area contributed by atoms with Crippen LogP contribution in [0.2, 0.25) is 0 Å². The Kier molecular flexibility index (Phi) is 4.87. The average Bonchev–Trinajstić information content (AvgIpc) is 2.52. The zero-order valence-corrected chi connectivity index (χ0v) is 13.6. The number of carbonyl (C=O) groups is 2. The standard InChI is InChI=1S/C16H19N3O5/c1-4-19-11-6-5-9(7-10(11)17-14(21)15(19)22)13(20)18-12(8(2)3)16(23)24/h5-8,12H,4H2,1-3H3,(H,17,21)(H,18,20)(H,23,24)/t12-/m1/s1. The molecule has 1 heterocycles. The van der Waals surface area contributed by atoms with Crippen LogP contribution in [0.25, 0.3) is 11.0 Å². The molecule has 0 aliphatic carbocycles. The highest BCUT2D eigenvalue weighted by atomic mass is 16.4. The number of carboxylic acid groups (broad SMARTS) is 1. The molecule has 0 aliphatic heterocycles. The molecule has 0 bridgehead atoms. The number of aryl methyl sites for hydroxylation is 1. The normalized spacial score (nSPS) is 12.3. The van der Waals surface area contributed by atoms with E-state index in [9.17, 15) is 19.2 Å². The van der Waals surface area contributed by atoms with Gasteiger partial charge in [0.25, 0.3) is 5.91 Å². The van der Waals surface area contributed by atoms with Gasteiger partial charge in [0.15, 0.2) is 0 Å². The summed E-state index contributed by atoms with van der Waals surface area (Å²) >= 11 is 0. The van der Waals surface area contributed by atoms with E-state index in [2.05, 4.69) is 10.3 Å². The van der Waals surface area contributed by atoms with Crippen molar-refractivity contribution < 1.29 is 14.7 Å². The van der Waals surface area contributed by atoms with E-state index in [1.807, 2.05) is 0 Å². The summed E-state index contributed by atoms with van der Waals surface area (Å²) in [7, 11) is 0. The predicted molar refractivity (Wildman–Crippen MR) is 88.2 cm³/mol. The summed E-state index contributed by atoms with van der Waals surface area (Å²) in [5.74, 6) is -1.96. The second-order valence-corrected chi connectivity index (χ2v) is 5.77. The molecule has 8 nitrogen and oxygen atoms in total. The van der Waals surface area contributed by atoms with Gasteiger partial charge >= 0.3 is 17.1 Å². The lowest BCUT2D eigenvalue weighted by molar-refractivity contribution is -0.140. The summed E-state index contributed by atoms with van der Waals surface area (Å²) in [6.07, 6.45) is 0. The summed E-state index contributed by atoms with van der Waals surface area (Å²) in [6.45, 7) is 5.44. The first kappa shape index (κ1) is 17.5. The van der Waals surface area contributed by atoms with Gasteiger partial charge in [-0.2, -0.15) is 0 Å². The smallest absolute Gasteiger partial charge is 0.326 e. The number of aliphatic carboxylic acids is 1. The van der Waals surface area contributed by atoms with Crippen molar-refractivity contribution in [1.29, 1.82) is 0 Å². The number of aromatic nitrogens is 2. The van der Waals surface area contributed by atoms with Crippen LogP contribution in [0.1, 0.15) is 31.1 Å². The number of nitrogens with one attached hydrogen (secondary N) is 2. The molecule has 0 saturated carbocycles. The van der Waals surface area contributed by atoms with Crippen molar-refractivity contribution in [2.75, 3.05) is 0 Å². The van der Waals surface area contributed by atoms with E-state index in [0.29, 0.717) is 17.6 Å². The quantitative estimate of drug-likeness (QED) is 0.690. The minimum absolute atomic E-state index is 0.200. The molecule has 128 valence electrons. The number of fused-ring (bicyclic) bond motifs is 1. The van der Waals surface area contributed by atoms with Gasteiger partial charge in [-0.3, -0.25) is 14.4 Å². The highest BCUT2D eigenvalue weighted by Gasteiger charge is 2.24. The van der Waals surface area contributed by atoms with E-state index in [1.54, 1.807) is 26.8 Å². The topological polar surface area (TPSA) is 121 Å². The zero-order chi connectivity index (χ0) is 18.0. The van der Waals surface area contributed by atoms with E-state index < -0.39 is 29.0 Å². The Balaban J connectivity index is 2.46. The van der Waals surface area contributed by atoms with Gasteiger partial charge in [-0.25, -0.2) is 4.79 Å². The van der Waals surface area contributed by atoms with Gasteiger partial charge in [-0.1, -0.05) is 13.8 Å². The van der Waals surface area contributed by atoms with Gasteiger partial charge in [0.05, 0.1) is 11.0 Å². The third-order valence-corrected chi connectivity index (χ3v) is 3.77. The minimum atomic E-state index is -1.12. The lowest BCUT2D eigenvalue weighted by Crippen LogP contribution is -2.44. The average molecular weight is 333 g/mol. The number of H-pyrrole nitrogens is 1. The Morgan fingerprint density at radius 3 is 2.50 bits per heavy atom. The van der Waals surface area contributed by atoms with Gasteiger partial charge in [-0.15, -0.1) is 0 Å². The van der Waals surface area contributed by atoms with E-state index in [0.717, 1.165) is 0 Å². The fourth-order valence-corrected chi connectivity index (χ4v) is 2.47. The van der Waals surface area contributed by atoms with Crippen LogP contribution in [-0.2, 0) is 11.3 Å². The Bertz CT molecular complexity index is 910. The Morgan fingerprint density at radius 2 is 1.96 bits per heavy atom. The molecule has 0 fully saturated rings. The molecule has 1 atom stereocenters. The van der Waals surface area contributed by atoms with E-state index in [-0.39, 0.29) is 11.5 Å². The lowest BCUT2D eigenvalue weighted by atomic mass is 10.0. The van der Waals surface area contributed by atoms with E-state index in [1.165, 1.54) is 16.7 Å². The van der Waals surface area contributed by atoms with Gasteiger partial charge in [-0.05, 0) is 31.0 Å². The monoisotopic (exact) mass is 333 g/mol. The molecular weight excluding hydrogens is 314 g/mol. The van der Waals surface area contributed by atoms with Crippen LogP contribution in [-0.4, -0.2) is 32.6 Å². The molecule has 24 heavy (non-hydrogen) atoms. The molecule has 2 rings (SSSR count). The van der Waals surface area contributed by atoms with Gasteiger partial charge < -0.3 is 20.0 Å². The number of carboxylic acids is 1. The van der Waals surface area contributed by atoms with Crippen LogP contribution in [0, 0.1) is 5.92 Å². The summed E-state index contributed by atoms with van der Waals surface area (Å²) in [5, 5.41) is 11.6. The number of amides is 1. The molecule has 0 unspecified atom stereocenters. The summed E-state index contributed by atoms with van der Waals surface area (Å²) < 4.78 is 1.31. The fraction of sp³-hybridized carbons (Fsp3) is 0.375. The first-order valence-corrected chi connectivity index (χ1v) is 7.56. The highest BCUT2D eigenvalue weighted by Crippen LogP contribution is 2.12. The molecule has 0 saturated heterocycles. The third-order valence-electron chi connectivity index (χ3n) is 3.77. The molecule has 2 aromatic rings. The second-order valence-electron chi connectivity index (χ2n) is 5.77. The lowest BCUT2D eigenvalue weighted by Gasteiger charge is -2.18. The van der Waals surface area contributed by atoms with Gasteiger partial charge in [0.2, 0.25) is 0 Å². The number of benzene rings is 1. The zero-order valence-electron chi connectivity index (χ0n) is 13.6. The van der Waals surface area contributed by atoms with Gasteiger partial charge in [0.1, 0.15) is 6.04 Å². The minimum Gasteiger partial charge on any atom is -0.480 e. The summed E-state index contributed by atoms with van der Waals surface area (Å²) in [4.78, 5) is 49.4. The van der Waals surface area contributed by atoms with Crippen molar-refractivity contribution in [3.05, 3.63) is 44.5 Å². The predicted octanol–water partition coefficient (Wildman–Crippen LogP) is 0.549. The first-order valence-electron chi connectivity index (χ1n) is 7.56. The number of hydrogen-bond donors (Lipinski definition) is 3. The molecule has 0 aliphatic rings. The maximum absolute atomic E-state index is 12.3. The van der Waals surface area contributed by atoms with Crippen molar-refractivity contribution in [2.24, 2.45) is 5.92 Å². The molecule has 0 spiro atoms.